The zero-order chi connectivity index (χ0) is 22.2. The lowest BCUT2D eigenvalue weighted by molar-refractivity contribution is -0.384. The maximum Gasteiger partial charge on any atom is 0.343 e. The van der Waals surface area contributed by atoms with E-state index in [-0.39, 0.29) is 17.0 Å². The molecule has 3 aromatic carbocycles. The van der Waals surface area contributed by atoms with E-state index in [1.807, 2.05) is 0 Å². The molecular formula is C22H17N3O6. The van der Waals surface area contributed by atoms with Crippen molar-refractivity contribution in [1.29, 1.82) is 0 Å². The number of hydrazone groups is 1. The topological polar surface area (TPSA) is 120 Å². The van der Waals surface area contributed by atoms with Gasteiger partial charge in [0.2, 0.25) is 0 Å². The van der Waals surface area contributed by atoms with E-state index >= 15 is 0 Å². The first-order chi connectivity index (χ1) is 15.0. The minimum Gasteiger partial charge on any atom is -0.493 e. The molecule has 156 valence electrons. The monoisotopic (exact) mass is 419 g/mol. The number of nitrogens with one attached hydrogen (secondary N) is 1. The van der Waals surface area contributed by atoms with E-state index in [0.717, 1.165) is 0 Å². The predicted molar refractivity (Wildman–Crippen MR) is 113 cm³/mol. The highest BCUT2D eigenvalue weighted by atomic mass is 16.6. The molecule has 0 aromatic heterocycles. The molecule has 0 atom stereocenters. The first kappa shape index (κ1) is 21.2. The molecular weight excluding hydrogens is 402 g/mol. The maximum atomic E-state index is 12.2. The number of nitrogens with zero attached hydrogens (tertiary/aromatic N) is 2. The largest absolute Gasteiger partial charge is 0.493 e. The van der Waals surface area contributed by atoms with E-state index in [0.29, 0.717) is 16.9 Å². The van der Waals surface area contributed by atoms with Crippen LogP contribution in [-0.4, -0.2) is 30.1 Å². The normalized spacial score (nSPS) is 10.5. The number of methoxy groups -OCH3 is 1. The Labute approximate surface area is 177 Å². The van der Waals surface area contributed by atoms with Crippen LogP contribution in [0.3, 0.4) is 0 Å². The van der Waals surface area contributed by atoms with Crippen LogP contribution in [0.5, 0.6) is 11.5 Å². The highest BCUT2D eigenvalue weighted by Crippen LogP contribution is 2.28. The number of carbonyl (C=O) groups is 2. The van der Waals surface area contributed by atoms with Gasteiger partial charge in [-0.25, -0.2) is 10.2 Å². The van der Waals surface area contributed by atoms with E-state index in [4.69, 9.17) is 9.47 Å². The third-order valence-electron chi connectivity index (χ3n) is 4.12. The van der Waals surface area contributed by atoms with Crippen LogP contribution in [0, 0.1) is 10.1 Å². The van der Waals surface area contributed by atoms with Gasteiger partial charge in [0.05, 0.1) is 23.8 Å². The number of ether oxygens (including phenoxy) is 2. The molecule has 31 heavy (non-hydrogen) atoms. The summed E-state index contributed by atoms with van der Waals surface area (Å²) in [5, 5.41) is 14.5. The molecule has 9 heteroatoms. The Morgan fingerprint density at radius 3 is 2.32 bits per heavy atom. The minimum atomic E-state index is -0.548. The van der Waals surface area contributed by atoms with Gasteiger partial charge in [0.15, 0.2) is 11.5 Å². The summed E-state index contributed by atoms with van der Waals surface area (Å²) in [5.41, 5.74) is 3.44. The average Bonchev–Trinajstić information content (AvgIpc) is 2.80. The van der Waals surface area contributed by atoms with Crippen LogP contribution in [0.1, 0.15) is 26.3 Å². The summed E-state index contributed by atoms with van der Waals surface area (Å²) in [4.78, 5) is 34.4. The molecule has 0 aliphatic carbocycles. The third kappa shape index (κ3) is 5.51. The Morgan fingerprint density at radius 2 is 1.68 bits per heavy atom. The molecule has 0 fully saturated rings. The van der Waals surface area contributed by atoms with Crippen molar-refractivity contribution < 1.29 is 24.0 Å². The van der Waals surface area contributed by atoms with Crippen LogP contribution in [0.25, 0.3) is 0 Å². The molecule has 9 nitrogen and oxygen atoms in total. The second kappa shape index (κ2) is 9.79. The summed E-state index contributed by atoms with van der Waals surface area (Å²) in [5.74, 6) is -0.486. The molecule has 0 aliphatic rings. The second-order valence-electron chi connectivity index (χ2n) is 6.17. The van der Waals surface area contributed by atoms with Crippen LogP contribution >= 0.6 is 0 Å². The molecule has 0 radical (unpaired) electrons. The summed E-state index contributed by atoms with van der Waals surface area (Å²) < 4.78 is 10.6. The second-order valence-corrected chi connectivity index (χ2v) is 6.17. The average molecular weight is 419 g/mol. The fraction of sp³-hybridized carbons (Fsp3) is 0.0455. The maximum absolute atomic E-state index is 12.2. The zero-order valence-electron chi connectivity index (χ0n) is 16.3. The number of amides is 1. The number of rotatable bonds is 7. The fourth-order valence-corrected chi connectivity index (χ4v) is 2.55. The number of nitro groups is 1. The first-order valence-corrected chi connectivity index (χ1v) is 9.01. The standard InChI is InChI=1S/C22H17N3O6/c1-30-20-13-15(7-12-19(20)31-22(27)17-5-3-2-4-6-17)14-23-24-21(26)16-8-10-18(11-9-16)25(28)29/h2-14H,1H3,(H,24,26)/b23-14+. The van der Waals surface area contributed by atoms with Gasteiger partial charge in [-0.3, -0.25) is 14.9 Å². The molecule has 0 saturated carbocycles. The molecule has 0 aliphatic heterocycles. The zero-order valence-corrected chi connectivity index (χ0v) is 16.3. The number of nitro benzene ring substituents is 1. The van der Waals surface area contributed by atoms with Crippen LogP contribution in [-0.2, 0) is 0 Å². The smallest absolute Gasteiger partial charge is 0.343 e. The third-order valence-corrected chi connectivity index (χ3v) is 4.12. The van der Waals surface area contributed by atoms with E-state index < -0.39 is 16.8 Å². The number of hydrogen-bond donors (Lipinski definition) is 1. The number of non-ortho nitro benzene ring substituents is 1. The Hall–Kier alpha value is -4.53. The van der Waals surface area contributed by atoms with Gasteiger partial charge in [-0.05, 0) is 48.0 Å². The van der Waals surface area contributed by atoms with Gasteiger partial charge < -0.3 is 9.47 Å². The van der Waals surface area contributed by atoms with Gasteiger partial charge in [0.1, 0.15) is 0 Å². The molecule has 0 bridgehead atoms. The van der Waals surface area contributed by atoms with Crippen molar-refractivity contribution in [3.05, 3.63) is 99.6 Å². The summed E-state index contributed by atoms with van der Waals surface area (Å²) in [7, 11) is 1.44. The van der Waals surface area contributed by atoms with Gasteiger partial charge >= 0.3 is 5.97 Å². The van der Waals surface area contributed by atoms with Crippen molar-refractivity contribution in [3.63, 3.8) is 0 Å². The van der Waals surface area contributed by atoms with Gasteiger partial charge in [-0.15, -0.1) is 0 Å². The minimum absolute atomic E-state index is 0.111. The van der Waals surface area contributed by atoms with Crippen LogP contribution in [0.15, 0.2) is 77.9 Å². The summed E-state index contributed by atoms with van der Waals surface area (Å²) in [6.45, 7) is 0. The first-order valence-electron chi connectivity index (χ1n) is 9.01. The lowest BCUT2D eigenvalue weighted by Gasteiger charge is -2.10. The van der Waals surface area contributed by atoms with Crippen molar-refractivity contribution >= 4 is 23.8 Å². The highest BCUT2D eigenvalue weighted by molar-refractivity contribution is 5.95. The van der Waals surface area contributed by atoms with Crippen molar-refractivity contribution in [2.75, 3.05) is 7.11 Å². The van der Waals surface area contributed by atoms with Crippen LogP contribution < -0.4 is 14.9 Å². The number of carbonyl (C=O) groups excluding carboxylic acids is 2. The molecule has 3 aromatic rings. The molecule has 1 amide bonds. The quantitative estimate of drug-likeness (QED) is 0.205. The lowest BCUT2D eigenvalue weighted by Crippen LogP contribution is -2.17. The van der Waals surface area contributed by atoms with Gasteiger partial charge in [-0.1, -0.05) is 18.2 Å². The molecule has 3 rings (SSSR count). The van der Waals surface area contributed by atoms with E-state index in [1.54, 1.807) is 48.5 Å². The van der Waals surface area contributed by atoms with Gasteiger partial charge in [-0.2, -0.15) is 5.10 Å². The fourth-order valence-electron chi connectivity index (χ4n) is 2.55. The van der Waals surface area contributed by atoms with Crippen molar-refractivity contribution in [2.45, 2.75) is 0 Å². The van der Waals surface area contributed by atoms with Crippen molar-refractivity contribution in [3.8, 4) is 11.5 Å². The number of esters is 1. The van der Waals surface area contributed by atoms with Gasteiger partial charge in [0, 0.05) is 17.7 Å². The summed E-state index contributed by atoms with van der Waals surface area (Å²) in [6.07, 6.45) is 1.38. The van der Waals surface area contributed by atoms with Crippen molar-refractivity contribution in [1.82, 2.24) is 5.43 Å². The van der Waals surface area contributed by atoms with Crippen LogP contribution in [0.4, 0.5) is 5.69 Å². The molecule has 0 saturated heterocycles. The van der Waals surface area contributed by atoms with E-state index in [2.05, 4.69) is 10.5 Å². The van der Waals surface area contributed by atoms with E-state index in [9.17, 15) is 19.7 Å². The SMILES string of the molecule is COc1cc(/C=N/NC(=O)c2ccc([N+](=O)[O-])cc2)ccc1OC(=O)c1ccccc1. The number of hydrogen-bond acceptors (Lipinski definition) is 7. The molecule has 0 heterocycles. The summed E-state index contributed by atoms with van der Waals surface area (Å²) in [6, 6.07) is 18.5. The molecule has 0 unspecified atom stereocenters. The van der Waals surface area contributed by atoms with Gasteiger partial charge in [0.25, 0.3) is 11.6 Å². The van der Waals surface area contributed by atoms with Crippen molar-refractivity contribution in [2.24, 2.45) is 5.10 Å². The highest BCUT2D eigenvalue weighted by Gasteiger charge is 2.13. The van der Waals surface area contributed by atoms with E-state index in [1.165, 1.54) is 37.6 Å². The van der Waals surface area contributed by atoms with Crippen LogP contribution in [0.2, 0.25) is 0 Å². The Bertz CT molecular complexity index is 1130. The number of benzene rings is 3. The molecule has 1 N–H and O–H groups in total. The lowest BCUT2D eigenvalue weighted by atomic mass is 10.2. The summed E-state index contributed by atoms with van der Waals surface area (Å²) >= 11 is 0. The Balaban J connectivity index is 1.65. The Morgan fingerprint density at radius 1 is 0.968 bits per heavy atom. The molecule has 0 spiro atoms. The predicted octanol–water partition coefficient (Wildman–Crippen LogP) is 3.59. The Kier molecular flexibility index (Phi) is 6.69.